The molecule has 0 saturated carbocycles. The minimum Gasteiger partial charge on any atom is -0.481 e. The van der Waals surface area contributed by atoms with Crippen LogP contribution < -0.4 is 21.7 Å². The summed E-state index contributed by atoms with van der Waals surface area (Å²) in [5, 5.41) is 26.0. The van der Waals surface area contributed by atoms with Gasteiger partial charge in [-0.1, -0.05) is 18.2 Å². The molecule has 0 spiro atoms. The minimum absolute atomic E-state index is 0.0280. The fourth-order valence-electron chi connectivity index (χ4n) is 3.80. The maximum absolute atomic E-state index is 13.3. The molecule has 3 unspecified atom stereocenters. The molecule has 3 aromatic rings. The van der Waals surface area contributed by atoms with Crippen molar-refractivity contribution in [3.8, 4) is 0 Å². The van der Waals surface area contributed by atoms with E-state index in [0.717, 1.165) is 10.9 Å². The van der Waals surface area contributed by atoms with Crippen LogP contribution in [0.5, 0.6) is 0 Å². The molecule has 202 valence electrons. The molecule has 0 aliphatic carbocycles. The first-order valence-electron chi connectivity index (χ1n) is 11.7. The highest BCUT2D eigenvalue weighted by Gasteiger charge is 2.29. The Kier molecular flexibility index (Phi) is 9.54. The monoisotopic (exact) mass is 527 g/mol. The predicted octanol–water partition coefficient (Wildman–Crippen LogP) is -0.961. The van der Waals surface area contributed by atoms with Crippen LogP contribution >= 0.6 is 0 Å². The number of hydrogen-bond acceptors (Lipinski definition) is 7. The van der Waals surface area contributed by atoms with Gasteiger partial charge in [-0.25, -0.2) is 4.98 Å². The van der Waals surface area contributed by atoms with Crippen LogP contribution in [-0.2, 0) is 36.8 Å². The highest BCUT2D eigenvalue weighted by Crippen LogP contribution is 2.19. The van der Waals surface area contributed by atoms with Crippen LogP contribution in [0.15, 0.2) is 43.0 Å². The summed E-state index contributed by atoms with van der Waals surface area (Å²) < 4.78 is 0. The number of aromatic nitrogens is 3. The molecule has 0 radical (unpaired) electrons. The van der Waals surface area contributed by atoms with Gasteiger partial charge in [0, 0.05) is 48.3 Å². The SMILES string of the molecule is NC(CCC(=O)O)C(=O)NC(Cc1cnc[nH]1)C(=O)NC(Cc1c[nH]c2ccccc12)C(=O)NCC(=O)O. The summed E-state index contributed by atoms with van der Waals surface area (Å²) in [5.74, 6) is -4.57. The number of H-pyrrole nitrogens is 2. The normalized spacial score (nSPS) is 13.3. The standard InChI is InChI=1S/C24H29N7O7/c25-16(5-6-20(32)33)22(36)30-19(8-14-10-26-12-29-14)24(38)31-18(23(37)28-11-21(34)35)7-13-9-27-17-4-2-1-3-15(13)17/h1-4,9-10,12,16,18-19,27H,5-8,11,25H2,(H,26,29)(H,28,37)(H,30,36)(H,31,38)(H,32,33)(H,34,35). The second-order valence-corrected chi connectivity index (χ2v) is 8.62. The number of hydrogen-bond donors (Lipinski definition) is 8. The number of nitrogens with one attached hydrogen (secondary N) is 5. The summed E-state index contributed by atoms with van der Waals surface area (Å²) in [7, 11) is 0. The summed E-state index contributed by atoms with van der Waals surface area (Å²) >= 11 is 0. The van der Waals surface area contributed by atoms with Crippen molar-refractivity contribution in [3.05, 3.63) is 54.2 Å². The highest BCUT2D eigenvalue weighted by molar-refractivity contribution is 5.94. The van der Waals surface area contributed by atoms with Gasteiger partial charge >= 0.3 is 11.9 Å². The van der Waals surface area contributed by atoms with Crippen molar-refractivity contribution in [3.63, 3.8) is 0 Å². The number of carboxylic acids is 2. The fraction of sp³-hybridized carbons (Fsp3) is 0.333. The van der Waals surface area contributed by atoms with E-state index in [1.54, 1.807) is 6.20 Å². The molecule has 3 rings (SSSR count). The van der Waals surface area contributed by atoms with Gasteiger partial charge in [0.25, 0.3) is 0 Å². The number of aliphatic carboxylic acids is 2. The van der Waals surface area contributed by atoms with Gasteiger partial charge in [0.1, 0.15) is 18.6 Å². The number of nitrogens with two attached hydrogens (primary N) is 1. The number of amides is 3. The third-order valence-electron chi connectivity index (χ3n) is 5.76. The number of fused-ring (bicyclic) bond motifs is 1. The average Bonchev–Trinajstić information content (AvgIpc) is 3.55. The van der Waals surface area contributed by atoms with Crippen LogP contribution in [0.3, 0.4) is 0 Å². The van der Waals surface area contributed by atoms with Gasteiger partial charge < -0.3 is 41.9 Å². The van der Waals surface area contributed by atoms with E-state index < -0.39 is 54.3 Å². The zero-order valence-electron chi connectivity index (χ0n) is 20.3. The number of nitrogens with zero attached hydrogens (tertiary/aromatic N) is 1. The van der Waals surface area contributed by atoms with Crippen molar-refractivity contribution >= 4 is 40.6 Å². The number of carbonyl (C=O) groups excluding carboxylic acids is 3. The molecule has 3 amide bonds. The van der Waals surface area contributed by atoms with Crippen LogP contribution in [0.25, 0.3) is 10.9 Å². The van der Waals surface area contributed by atoms with E-state index in [1.165, 1.54) is 12.5 Å². The van der Waals surface area contributed by atoms with Gasteiger partial charge in [-0.15, -0.1) is 0 Å². The molecule has 0 fully saturated rings. The van der Waals surface area contributed by atoms with E-state index >= 15 is 0 Å². The molecular weight excluding hydrogens is 498 g/mol. The van der Waals surface area contributed by atoms with E-state index in [1.807, 2.05) is 24.3 Å². The summed E-state index contributed by atoms with van der Waals surface area (Å²) in [5.41, 5.74) is 7.83. The maximum Gasteiger partial charge on any atom is 0.322 e. The largest absolute Gasteiger partial charge is 0.481 e. The van der Waals surface area contributed by atoms with Gasteiger partial charge in [-0.2, -0.15) is 0 Å². The molecule has 14 nitrogen and oxygen atoms in total. The lowest BCUT2D eigenvalue weighted by Gasteiger charge is -2.24. The number of carbonyl (C=O) groups is 5. The van der Waals surface area contributed by atoms with Gasteiger partial charge in [0.2, 0.25) is 17.7 Å². The van der Waals surface area contributed by atoms with Crippen molar-refractivity contribution < 1.29 is 34.2 Å². The molecule has 2 aromatic heterocycles. The summed E-state index contributed by atoms with van der Waals surface area (Å²) in [6.07, 6.45) is 4.08. The Morgan fingerprint density at radius 3 is 2.32 bits per heavy atom. The molecule has 0 aliphatic rings. The van der Waals surface area contributed by atoms with Crippen molar-refractivity contribution in [1.29, 1.82) is 0 Å². The van der Waals surface area contributed by atoms with Crippen LogP contribution in [-0.4, -0.2) is 79.5 Å². The van der Waals surface area contributed by atoms with E-state index in [2.05, 4.69) is 30.9 Å². The maximum atomic E-state index is 13.3. The first-order valence-corrected chi connectivity index (χ1v) is 11.7. The summed E-state index contributed by atoms with van der Waals surface area (Å²) in [6, 6.07) is 3.80. The summed E-state index contributed by atoms with van der Waals surface area (Å²) in [4.78, 5) is 70.5. The van der Waals surface area contributed by atoms with Gasteiger partial charge in [-0.3, -0.25) is 24.0 Å². The molecule has 0 bridgehead atoms. The number of rotatable bonds is 14. The first-order chi connectivity index (χ1) is 18.1. The first kappa shape index (κ1) is 27.9. The zero-order chi connectivity index (χ0) is 27.7. The zero-order valence-corrected chi connectivity index (χ0v) is 20.3. The van der Waals surface area contributed by atoms with Crippen LogP contribution in [0.4, 0.5) is 0 Å². The Bertz CT molecular complexity index is 1290. The number of imidazole rings is 1. The Morgan fingerprint density at radius 1 is 0.921 bits per heavy atom. The van der Waals surface area contributed by atoms with Crippen molar-refractivity contribution in [1.82, 2.24) is 30.9 Å². The van der Waals surface area contributed by atoms with Gasteiger partial charge in [0.15, 0.2) is 0 Å². The van der Waals surface area contributed by atoms with Crippen LogP contribution in [0, 0.1) is 0 Å². The molecule has 14 heteroatoms. The van der Waals surface area contributed by atoms with E-state index in [4.69, 9.17) is 15.9 Å². The molecule has 38 heavy (non-hydrogen) atoms. The lowest BCUT2D eigenvalue weighted by molar-refractivity contribution is -0.139. The van der Waals surface area contributed by atoms with Gasteiger partial charge in [-0.05, 0) is 18.1 Å². The Morgan fingerprint density at radius 2 is 1.63 bits per heavy atom. The van der Waals surface area contributed by atoms with Crippen LogP contribution in [0.1, 0.15) is 24.1 Å². The fourth-order valence-corrected chi connectivity index (χ4v) is 3.80. The predicted molar refractivity (Wildman–Crippen MR) is 134 cm³/mol. The smallest absolute Gasteiger partial charge is 0.322 e. The van der Waals surface area contributed by atoms with E-state index in [0.29, 0.717) is 11.3 Å². The van der Waals surface area contributed by atoms with E-state index in [9.17, 15) is 24.0 Å². The molecule has 1 aromatic carbocycles. The number of aromatic amines is 2. The highest BCUT2D eigenvalue weighted by atomic mass is 16.4. The summed E-state index contributed by atoms with van der Waals surface area (Å²) in [6.45, 7) is -0.647. The lowest BCUT2D eigenvalue weighted by Crippen LogP contribution is -2.57. The quantitative estimate of drug-likeness (QED) is 0.129. The third-order valence-corrected chi connectivity index (χ3v) is 5.76. The van der Waals surface area contributed by atoms with E-state index in [-0.39, 0.29) is 25.7 Å². The third kappa shape index (κ3) is 7.89. The number of benzene rings is 1. The Balaban J connectivity index is 1.80. The lowest BCUT2D eigenvalue weighted by atomic mass is 10.0. The second kappa shape index (κ2) is 13.0. The van der Waals surface area contributed by atoms with Crippen molar-refractivity contribution in [2.45, 2.75) is 43.8 Å². The molecule has 2 heterocycles. The Labute approximate surface area is 216 Å². The molecule has 3 atom stereocenters. The second-order valence-electron chi connectivity index (χ2n) is 8.62. The number of para-hydroxylation sites is 1. The molecule has 9 N–H and O–H groups in total. The minimum atomic E-state index is -1.25. The van der Waals surface area contributed by atoms with Gasteiger partial charge in [0.05, 0.1) is 12.4 Å². The molecule has 0 aliphatic heterocycles. The van der Waals surface area contributed by atoms with Crippen molar-refractivity contribution in [2.75, 3.05) is 6.54 Å². The van der Waals surface area contributed by atoms with Crippen LogP contribution in [0.2, 0.25) is 0 Å². The average molecular weight is 528 g/mol. The molecule has 0 saturated heterocycles. The number of carboxylic acid groups (broad SMARTS) is 2. The molecular formula is C24H29N7O7. The topological polar surface area (TPSA) is 232 Å². The Hall–Kier alpha value is -4.72. The van der Waals surface area contributed by atoms with Crippen molar-refractivity contribution in [2.24, 2.45) is 5.73 Å².